The third-order valence-electron chi connectivity index (χ3n) is 3.45. The van der Waals surface area contributed by atoms with Crippen molar-refractivity contribution in [3.05, 3.63) is 54.5 Å². The molecule has 0 saturated heterocycles. The van der Waals surface area contributed by atoms with E-state index in [0.717, 1.165) is 4.68 Å². The molecule has 0 aliphatic rings. The van der Waals surface area contributed by atoms with Crippen LogP contribution in [0.3, 0.4) is 0 Å². The van der Waals surface area contributed by atoms with Gasteiger partial charge in [-0.15, -0.1) is 0 Å². The van der Waals surface area contributed by atoms with Crippen molar-refractivity contribution in [3.63, 3.8) is 0 Å². The number of benzene rings is 1. The van der Waals surface area contributed by atoms with Gasteiger partial charge in [-0.2, -0.15) is 13.9 Å². The fourth-order valence-electron chi connectivity index (χ4n) is 2.27. The lowest BCUT2D eigenvalue weighted by Crippen LogP contribution is -2.14. The van der Waals surface area contributed by atoms with Crippen LogP contribution in [-0.4, -0.2) is 43.3 Å². The molecule has 0 atom stereocenters. The van der Waals surface area contributed by atoms with Crippen molar-refractivity contribution >= 4 is 17.8 Å². The van der Waals surface area contributed by atoms with Crippen molar-refractivity contribution in [1.29, 1.82) is 0 Å². The van der Waals surface area contributed by atoms with Crippen molar-refractivity contribution in [2.24, 2.45) is 0 Å². The van der Waals surface area contributed by atoms with Crippen LogP contribution < -0.4 is 10.1 Å². The first-order valence-corrected chi connectivity index (χ1v) is 7.84. The summed E-state index contributed by atoms with van der Waals surface area (Å²) < 4.78 is 29.8. The van der Waals surface area contributed by atoms with Crippen molar-refractivity contribution in [1.82, 2.24) is 19.7 Å². The van der Waals surface area contributed by atoms with Gasteiger partial charge in [0, 0.05) is 18.0 Å². The number of carbonyl (C=O) groups is 2. The van der Waals surface area contributed by atoms with Crippen LogP contribution >= 0.6 is 0 Å². The van der Waals surface area contributed by atoms with E-state index in [-0.39, 0.29) is 23.8 Å². The molecule has 0 unspecified atom stereocenters. The Morgan fingerprint density at radius 1 is 1.21 bits per heavy atom. The summed E-state index contributed by atoms with van der Waals surface area (Å²) in [4.78, 5) is 31.0. The molecule has 1 amide bonds. The largest absolute Gasteiger partial charge is 0.480 e. The lowest BCUT2D eigenvalue weighted by molar-refractivity contribution is -0.137. The average molecular weight is 389 g/mol. The van der Waals surface area contributed by atoms with Crippen LogP contribution in [0.2, 0.25) is 0 Å². The fourth-order valence-corrected chi connectivity index (χ4v) is 2.27. The third kappa shape index (κ3) is 4.84. The summed E-state index contributed by atoms with van der Waals surface area (Å²) >= 11 is 0. The third-order valence-corrected chi connectivity index (χ3v) is 3.45. The number of aromatic nitrogens is 4. The number of carboxylic acid groups (broad SMARTS) is 1. The van der Waals surface area contributed by atoms with Gasteiger partial charge in [0.1, 0.15) is 12.3 Å². The summed E-state index contributed by atoms with van der Waals surface area (Å²) in [5.41, 5.74) is 1.20. The van der Waals surface area contributed by atoms with Gasteiger partial charge < -0.3 is 9.84 Å². The summed E-state index contributed by atoms with van der Waals surface area (Å²) in [6.45, 7) is -3.28. The molecule has 0 spiro atoms. The van der Waals surface area contributed by atoms with Crippen LogP contribution in [0.4, 0.5) is 14.7 Å². The number of nitrogens with zero attached hydrogens (tertiary/aromatic N) is 4. The Morgan fingerprint density at radius 2 is 1.96 bits per heavy atom. The molecular weight excluding hydrogens is 376 g/mol. The molecule has 0 bridgehead atoms. The van der Waals surface area contributed by atoms with Gasteiger partial charge >= 0.3 is 12.6 Å². The minimum atomic E-state index is -2.91. The molecule has 0 saturated carbocycles. The number of rotatable bonds is 7. The first-order chi connectivity index (χ1) is 13.4. The first kappa shape index (κ1) is 18.9. The molecule has 11 heteroatoms. The quantitative estimate of drug-likeness (QED) is 0.636. The molecule has 3 aromatic rings. The lowest BCUT2D eigenvalue weighted by atomic mass is 10.1. The number of carboxylic acids is 1. The SMILES string of the molecule is O=C(O)Cn1cc(C(=O)Nc2nccc(-c3ccc(OC(F)F)cc3)n2)cn1. The molecule has 0 radical (unpaired) electrons. The number of anilines is 1. The zero-order valence-corrected chi connectivity index (χ0v) is 14.1. The van der Waals surface area contributed by atoms with E-state index in [9.17, 15) is 18.4 Å². The van der Waals surface area contributed by atoms with Crippen LogP contribution in [-0.2, 0) is 11.3 Å². The van der Waals surface area contributed by atoms with Gasteiger partial charge in [-0.25, -0.2) is 9.97 Å². The zero-order chi connectivity index (χ0) is 20.1. The number of halogens is 2. The summed E-state index contributed by atoms with van der Waals surface area (Å²) in [6.07, 6.45) is 3.94. The minimum Gasteiger partial charge on any atom is -0.480 e. The Hall–Kier alpha value is -3.89. The second kappa shape index (κ2) is 8.20. The predicted octanol–water partition coefficient (Wildman–Crippen LogP) is 2.28. The number of amides is 1. The van der Waals surface area contributed by atoms with Crippen LogP contribution in [0, 0.1) is 0 Å². The maximum absolute atomic E-state index is 12.2. The van der Waals surface area contributed by atoms with Crippen LogP contribution in [0.25, 0.3) is 11.3 Å². The van der Waals surface area contributed by atoms with E-state index in [1.807, 2.05) is 0 Å². The average Bonchev–Trinajstić information content (AvgIpc) is 3.10. The van der Waals surface area contributed by atoms with E-state index in [2.05, 4.69) is 25.1 Å². The standard InChI is InChI=1S/C17H13F2N5O4/c18-16(19)28-12-3-1-10(2-4-12)13-5-6-20-17(22-13)23-15(27)11-7-21-24(8-11)9-14(25)26/h1-8,16H,9H2,(H,25,26)(H,20,22,23,27). The second-order valence-corrected chi connectivity index (χ2v) is 5.44. The van der Waals surface area contributed by atoms with Crippen LogP contribution in [0.15, 0.2) is 48.9 Å². The molecule has 28 heavy (non-hydrogen) atoms. The molecule has 2 aromatic heterocycles. The number of hydrogen-bond donors (Lipinski definition) is 2. The Labute approximate surface area is 156 Å². The van der Waals surface area contributed by atoms with Crippen LogP contribution in [0.1, 0.15) is 10.4 Å². The van der Waals surface area contributed by atoms with Gasteiger partial charge in [0.25, 0.3) is 5.91 Å². The van der Waals surface area contributed by atoms with Gasteiger partial charge in [-0.05, 0) is 30.3 Å². The number of aliphatic carboxylic acids is 1. The Kier molecular flexibility index (Phi) is 5.53. The highest BCUT2D eigenvalue weighted by atomic mass is 19.3. The highest BCUT2D eigenvalue weighted by molar-refractivity contribution is 6.03. The van der Waals surface area contributed by atoms with E-state index in [4.69, 9.17) is 5.11 Å². The molecule has 0 aliphatic carbocycles. The van der Waals surface area contributed by atoms with Crippen molar-refractivity contribution < 1.29 is 28.2 Å². The second-order valence-electron chi connectivity index (χ2n) is 5.44. The number of carbonyl (C=O) groups excluding carboxylic acids is 1. The van der Waals surface area contributed by atoms with Crippen molar-refractivity contribution in [3.8, 4) is 17.0 Å². The molecule has 2 heterocycles. The summed E-state index contributed by atoms with van der Waals surface area (Å²) in [7, 11) is 0. The number of alkyl halides is 2. The topological polar surface area (TPSA) is 119 Å². The number of nitrogens with one attached hydrogen (secondary N) is 1. The van der Waals surface area contributed by atoms with Gasteiger partial charge in [-0.1, -0.05) is 0 Å². The van der Waals surface area contributed by atoms with E-state index in [0.29, 0.717) is 11.3 Å². The number of hydrogen-bond acceptors (Lipinski definition) is 6. The van der Waals surface area contributed by atoms with Gasteiger partial charge in [0.2, 0.25) is 5.95 Å². The van der Waals surface area contributed by atoms with Crippen LogP contribution in [0.5, 0.6) is 5.75 Å². The zero-order valence-electron chi connectivity index (χ0n) is 14.1. The molecule has 3 rings (SSSR count). The highest BCUT2D eigenvalue weighted by Crippen LogP contribution is 2.22. The van der Waals surface area contributed by atoms with E-state index >= 15 is 0 Å². The lowest BCUT2D eigenvalue weighted by Gasteiger charge is -2.07. The molecular formula is C17H13F2N5O4. The molecule has 2 N–H and O–H groups in total. The van der Waals surface area contributed by atoms with E-state index in [1.54, 1.807) is 18.2 Å². The maximum atomic E-state index is 12.2. The Balaban J connectivity index is 1.71. The summed E-state index contributed by atoms with van der Waals surface area (Å²) in [5, 5.41) is 15.0. The molecule has 9 nitrogen and oxygen atoms in total. The molecule has 1 aromatic carbocycles. The van der Waals surface area contributed by atoms with Gasteiger partial charge in [0.15, 0.2) is 0 Å². The van der Waals surface area contributed by atoms with E-state index < -0.39 is 18.5 Å². The monoisotopic (exact) mass is 389 g/mol. The maximum Gasteiger partial charge on any atom is 0.387 e. The molecule has 0 aliphatic heterocycles. The summed E-state index contributed by atoms with van der Waals surface area (Å²) in [6, 6.07) is 7.42. The number of ether oxygens (including phenoxy) is 1. The predicted molar refractivity (Wildman–Crippen MR) is 91.9 cm³/mol. The Morgan fingerprint density at radius 3 is 2.64 bits per heavy atom. The highest BCUT2D eigenvalue weighted by Gasteiger charge is 2.12. The van der Waals surface area contributed by atoms with Crippen molar-refractivity contribution in [2.75, 3.05) is 5.32 Å². The first-order valence-electron chi connectivity index (χ1n) is 7.84. The van der Waals surface area contributed by atoms with Crippen molar-refractivity contribution in [2.45, 2.75) is 13.2 Å². The smallest absolute Gasteiger partial charge is 0.387 e. The van der Waals surface area contributed by atoms with Gasteiger partial charge in [0.05, 0.1) is 17.5 Å². The molecule has 144 valence electrons. The normalized spacial score (nSPS) is 10.7. The van der Waals surface area contributed by atoms with E-state index in [1.165, 1.54) is 30.7 Å². The molecule has 0 fully saturated rings. The van der Waals surface area contributed by atoms with Gasteiger partial charge in [-0.3, -0.25) is 19.6 Å². The summed E-state index contributed by atoms with van der Waals surface area (Å²) in [5.74, 6) is -1.62. The minimum absolute atomic E-state index is 0.0136. The Bertz CT molecular complexity index is 991. The fraction of sp³-hybridized carbons (Fsp3) is 0.118.